The second-order valence-electron chi connectivity index (χ2n) is 5.89. The molecule has 0 aliphatic carbocycles. The molecule has 0 spiro atoms. The van der Waals surface area contributed by atoms with Gasteiger partial charge in [-0.25, -0.2) is 0 Å². The monoisotopic (exact) mass is 366 g/mol. The maximum Gasteiger partial charge on any atom is 0.187 e. The molecule has 9 heteroatoms. The highest BCUT2D eigenvalue weighted by Gasteiger charge is 2.48. The second kappa shape index (κ2) is 10.1. The minimum Gasteiger partial charge on any atom is -0.376 e. The molecule has 2 heterocycles. The van der Waals surface area contributed by atoms with E-state index in [1.54, 1.807) is 42.7 Å². The molecule has 2 rings (SSSR count). The van der Waals surface area contributed by atoms with Gasteiger partial charge in [0.1, 0.15) is 36.6 Å². The van der Waals surface area contributed by atoms with Crippen molar-refractivity contribution in [3.63, 3.8) is 0 Å². The van der Waals surface area contributed by atoms with Crippen LogP contribution in [0.5, 0.6) is 0 Å². The lowest BCUT2D eigenvalue weighted by molar-refractivity contribution is -0.340. The quantitative estimate of drug-likeness (QED) is 0.580. The molecule has 0 aromatic heterocycles. The molecule has 2 aliphatic heterocycles. The Hall–Kier alpha value is -0.360. The third kappa shape index (κ3) is 4.49. The summed E-state index contributed by atoms with van der Waals surface area (Å²) < 4.78 is 50.5. The largest absolute Gasteiger partial charge is 0.376 e. The van der Waals surface area contributed by atoms with Crippen LogP contribution in [0.2, 0.25) is 0 Å². The third-order valence-electron chi connectivity index (χ3n) is 4.71. The lowest BCUT2D eigenvalue weighted by Gasteiger charge is -2.45. The van der Waals surface area contributed by atoms with Crippen LogP contribution in [0, 0.1) is 0 Å². The van der Waals surface area contributed by atoms with Crippen molar-refractivity contribution in [1.29, 1.82) is 0 Å². The van der Waals surface area contributed by atoms with Crippen LogP contribution in [0.3, 0.4) is 0 Å². The lowest BCUT2D eigenvalue weighted by Crippen LogP contribution is -2.61. The van der Waals surface area contributed by atoms with Gasteiger partial charge in [0.2, 0.25) is 0 Å². The van der Waals surface area contributed by atoms with Crippen molar-refractivity contribution in [2.75, 3.05) is 55.9 Å². The number of hydrogen-bond acceptors (Lipinski definition) is 9. The first-order valence-corrected chi connectivity index (χ1v) is 8.20. The van der Waals surface area contributed by atoms with E-state index in [0.29, 0.717) is 13.2 Å². The zero-order valence-corrected chi connectivity index (χ0v) is 15.7. The first-order valence-electron chi connectivity index (χ1n) is 8.20. The normalized spacial score (nSPS) is 42.5. The summed E-state index contributed by atoms with van der Waals surface area (Å²) in [4.78, 5) is 0. The smallest absolute Gasteiger partial charge is 0.187 e. The molecule has 0 N–H and O–H groups in total. The van der Waals surface area contributed by atoms with E-state index in [4.69, 9.17) is 42.6 Å². The number of ether oxygens (including phenoxy) is 9. The molecule has 9 nitrogen and oxygen atoms in total. The number of rotatable bonds is 8. The van der Waals surface area contributed by atoms with E-state index in [1.807, 2.05) is 0 Å². The molecule has 0 bridgehead atoms. The van der Waals surface area contributed by atoms with Crippen LogP contribution < -0.4 is 0 Å². The molecule has 4 unspecified atom stereocenters. The summed E-state index contributed by atoms with van der Waals surface area (Å²) in [6, 6.07) is 0. The Bertz CT molecular complexity index is 383. The Balaban J connectivity index is 2.15. The summed E-state index contributed by atoms with van der Waals surface area (Å²) >= 11 is 0. The molecule has 0 aromatic carbocycles. The first kappa shape index (κ1) is 20.9. The van der Waals surface area contributed by atoms with Gasteiger partial charge in [-0.05, 0) is 0 Å². The van der Waals surface area contributed by atoms with Crippen LogP contribution in [0.4, 0.5) is 0 Å². The molecule has 2 fully saturated rings. The molecular formula is C16H30O9. The van der Waals surface area contributed by atoms with E-state index < -0.39 is 30.9 Å². The van der Waals surface area contributed by atoms with E-state index in [-0.39, 0.29) is 18.3 Å². The van der Waals surface area contributed by atoms with Gasteiger partial charge in [-0.2, -0.15) is 0 Å². The van der Waals surface area contributed by atoms with Gasteiger partial charge < -0.3 is 42.6 Å². The lowest BCUT2D eigenvalue weighted by atomic mass is 10.0. The molecule has 8 atom stereocenters. The molecule has 0 radical (unpaired) electrons. The van der Waals surface area contributed by atoms with Crippen LogP contribution >= 0.6 is 0 Å². The van der Waals surface area contributed by atoms with Crippen molar-refractivity contribution in [3.05, 3.63) is 0 Å². The van der Waals surface area contributed by atoms with E-state index in [1.165, 1.54) is 0 Å². The highest BCUT2D eigenvalue weighted by Crippen LogP contribution is 2.29. The standard InChI is InChI=1S/C16H30O9/c1-17-9-7-24-16(13(20-4)11(9)19-3)25-12-10(18-2)8-23-15(22-6)14(12)21-5/h9-16H,7-8H2,1-6H3/t9-,10?,11+,12?,13+,14?,15?,16-/m1/s1. The Morgan fingerprint density at radius 3 is 1.48 bits per heavy atom. The topological polar surface area (TPSA) is 83.1 Å². The van der Waals surface area contributed by atoms with Gasteiger partial charge in [0.25, 0.3) is 0 Å². The predicted molar refractivity (Wildman–Crippen MR) is 85.3 cm³/mol. The fraction of sp³-hybridized carbons (Fsp3) is 1.00. The Morgan fingerprint density at radius 1 is 0.520 bits per heavy atom. The molecule has 25 heavy (non-hydrogen) atoms. The van der Waals surface area contributed by atoms with Gasteiger partial charge in [-0.1, -0.05) is 0 Å². The van der Waals surface area contributed by atoms with E-state index in [9.17, 15) is 0 Å². The summed E-state index contributed by atoms with van der Waals surface area (Å²) in [6.45, 7) is 0.643. The van der Waals surface area contributed by atoms with E-state index in [2.05, 4.69) is 0 Å². The zero-order valence-electron chi connectivity index (χ0n) is 15.7. The van der Waals surface area contributed by atoms with Crippen molar-refractivity contribution in [2.24, 2.45) is 0 Å². The van der Waals surface area contributed by atoms with Gasteiger partial charge in [-0.3, -0.25) is 0 Å². The summed E-state index contributed by atoms with van der Waals surface area (Å²) in [6.07, 6.45) is -3.55. The number of hydrogen-bond donors (Lipinski definition) is 0. The minimum atomic E-state index is -0.669. The van der Waals surface area contributed by atoms with E-state index in [0.717, 1.165) is 0 Å². The first-order chi connectivity index (χ1) is 12.1. The fourth-order valence-corrected chi connectivity index (χ4v) is 3.31. The van der Waals surface area contributed by atoms with Crippen molar-refractivity contribution in [1.82, 2.24) is 0 Å². The molecule has 0 amide bonds. The van der Waals surface area contributed by atoms with Gasteiger partial charge >= 0.3 is 0 Å². The average molecular weight is 366 g/mol. The SMILES string of the molecule is COC1COC(OC)C(OC)C1O[C@H]1OC[C@@H](OC)[C@H](OC)[C@@H]1OC. The third-order valence-corrected chi connectivity index (χ3v) is 4.71. The minimum absolute atomic E-state index is 0.243. The summed E-state index contributed by atoms with van der Waals surface area (Å²) in [5.41, 5.74) is 0. The van der Waals surface area contributed by atoms with Crippen molar-refractivity contribution in [3.8, 4) is 0 Å². The van der Waals surface area contributed by atoms with Gasteiger partial charge in [0.15, 0.2) is 12.6 Å². The Morgan fingerprint density at radius 2 is 1.00 bits per heavy atom. The van der Waals surface area contributed by atoms with E-state index >= 15 is 0 Å². The zero-order chi connectivity index (χ0) is 18.4. The highest BCUT2D eigenvalue weighted by molar-refractivity contribution is 4.91. The predicted octanol–water partition coefficient (Wildman–Crippen LogP) is -0.194. The Kier molecular flexibility index (Phi) is 8.46. The van der Waals surface area contributed by atoms with Crippen molar-refractivity contribution < 1.29 is 42.6 Å². The van der Waals surface area contributed by atoms with Crippen LogP contribution in [0.25, 0.3) is 0 Å². The summed E-state index contributed by atoms with van der Waals surface area (Å²) in [5, 5.41) is 0. The van der Waals surface area contributed by atoms with Gasteiger partial charge in [0.05, 0.1) is 13.2 Å². The fourth-order valence-electron chi connectivity index (χ4n) is 3.31. The average Bonchev–Trinajstić information content (AvgIpc) is 2.66. The molecule has 2 saturated heterocycles. The maximum atomic E-state index is 6.21. The Labute approximate surface area is 148 Å². The van der Waals surface area contributed by atoms with Crippen LogP contribution in [-0.2, 0) is 42.6 Å². The molecule has 2 aliphatic rings. The van der Waals surface area contributed by atoms with Crippen LogP contribution in [-0.4, -0.2) is 105 Å². The van der Waals surface area contributed by atoms with Crippen LogP contribution in [0.1, 0.15) is 0 Å². The van der Waals surface area contributed by atoms with Crippen molar-refractivity contribution in [2.45, 2.75) is 49.2 Å². The molecule has 0 aromatic rings. The van der Waals surface area contributed by atoms with Gasteiger partial charge in [-0.15, -0.1) is 0 Å². The maximum absolute atomic E-state index is 6.21. The molecule has 0 saturated carbocycles. The molecular weight excluding hydrogens is 336 g/mol. The summed E-state index contributed by atoms with van der Waals surface area (Å²) in [7, 11) is 9.52. The van der Waals surface area contributed by atoms with Gasteiger partial charge in [0, 0.05) is 42.7 Å². The molecule has 148 valence electrons. The van der Waals surface area contributed by atoms with Crippen LogP contribution in [0.15, 0.2) is 0 Å². The second-order valence-corrected chi connectivity index (χ2v) is 5.89. The van der Waals surface area contributed by atoms with Crippen molar-refractivity contribution >= 4 is 0 Å². The summed E-state index contributed by atoms with van der Waals surface area (Å²) in [5.74, 6) is 0. The highest BCUT2D eigenvalue weighted by atomic mass is 16.7. The number of methoxy groups -OCH3 is 6.